The summed E-state index contributed by atoms with van der Waals surface area (Å²) < 4.78 is 79.4. The molecular formula is C102H182N4O40. The minimum absolute atomic E-state index is 0.0464. The molecule has 4 amide bonds. The maximum Gasteiger partial charge on any atom is 0.364 e. The molecule has 44 nitrogen and oxygen atoms in total. The van der Waals surface area contributed by atoms with Crippen molar-refractivity contribution >= 4 is 41.5 Å². The zero-order valence-corrected chi connectivity index (χ0v) is 86.7. The van der Waals surface area contributed by atoms with Crippen molar-refractivity contribution < 1.29 is 197 Å². The Balaban J connectivity index is 1.36. The first-order chi connectivity index (χ1) is 70.0. The van der Waals surface area contributed by atoms with Gasteiger partial charge in [0.15, 0.2) is 25.2 Å². The van der Waals surface area contributed by atoms with Crippen molar-refractivity contribution in [3.8, 4) is 0 Å². The summed E-state index contributed by atoms with van der Waals surface area (Å²) >= 11 is 0. The summed E-state index contributed by atoms with van der Waals surface area (Å²) in [4.78, 5) is 95.7. The molecule has 0 aliphatic carbocycles. The third-order valence-corrected chi connectivity index (χ3v) is 28.3. The number of aliphatic carboxylic acids is 2. The number of carboxylic acid groups (broad SMARTS) is 2. The van der Waals surface area contributed by atoms with Gasteiger partial charge in [0.25, 0.3) is 11.6 Å². The SMILES string of the molecule is CCCCCCCCCCCCC/C=C/C(OC(=O)CCCCCCCCCCCCCCCCC)C(CO[C@@H]1O[C@H](CO)[C@@H](O[C@@H]2O[C@H](CO)[C@H](O[C@@H]3O[C@H](CO)[C@H](O[C@@H]4O[C@H](CO)[C@H](O)[C@H](O)[C@H]4O)[C@H](O)[C@H]3NC(C)=O)[C@H](O[C@@]3(C(=O)O)C[C@@H](O)[C@H](NC(C)=O)C([C@@H](O)[C@@H](CO)O[C@@]4(C(=O)O)C[C@@H](O)[C@H](NC(C)=O)C([C@@H](O)[C@H](O)CO)O4)O3)[C@H]2O)[C@H](O)[C@H]1O)NC(=O)CCCCCCCCCCCCCCCCC. The fraction of sp³-hybridized carbons (Fsp3) is 0.912. The van der Waals surface area contributed by atoms with E-state index in [1.54, 1.807) is 6.08 Å². The number of allylic oxidation sites excluding steroid dienone is 1. The number of rotatable bonds is 76. The maximum atomic E-state index is 14.6. The third kappa shape index (κ3) is 41.9. The van der Waals surface area contributed by atoms with Gasteiger partial charge in [0, 0.05) is 46.5 Å². The normalized spacial score (nSPS) is 32.1. The van der Waals surface area contributed by atoms with E-state index in [-0.39, 0.29) is 12.8 Å². The lowest BCUT2D eigenvalue weighted by molar-refractivity contribution is -0.404. The molecule has 146 heavy (non-hydrogen) atoms. The van der Waals surface area contributed by atoms with E-state index in [1.807, 2.05) is 6.08 Å². The fourth-order valence-electron chi connectivity index (χ4n) is 19.9. The quantitative estimate of drug-likeness (QED) is 0.0236. The van der Waals surface area contributed by atoms with E-state index in [0.717, 1.165) is 124 Å². The van der Waals surface area contributed by atoms with Gasteiger partial charge in [-0.25, -0.2) is 9.59 Å². The van der Waals surface area contributed by atoms with Gasteiger partial charge in [0.05, 0.1) is 76.6 Å². The van der Waals surface area contributed by atoms with Gasteiger partial charge in [-0.1, -0.05) is 271 Å². The number of nitrogens with one attached hydrogen (secondary N) is 4. The highest BCUT2D eigenvalue weighted by Gasteiger charge is 2.64. The average molecular weight is 2100 g/mol. The van der Waals surface area contributed by atoms with Crippen LogP contribution in [0.2, 0.25) is 0 Å². The Bertz CT molecular complexity index is 3630. The van der Waals surface area contributed by atoms with Crippen LogP contribution in [-0.2, 0) is 95.1 Å². The summed E-state index contributed by atoms with van der Waals surface area (Å²) in [5.74, 6) is -15.6. The number of carbonyl (C=O) groups excluding carboxylic acids is 5. The summed E-state index contributed by atoms with van der Waals surface area (Å²) in [7, 11) is 0. The highest BCUT2D eigenvalue weighted by Crippen LogP contribution is 2.44. The molecule has 0 saturated carbocycles. The summed E-state index contributed by atoms with van der Waals surface area (Å²) in [6.07, 6.45) is -15.2. The van der Waals surface area contributed by atoms with E-state index < -0.39 is 308 Å². The molecule has 6 aliphatic rings. The zero-order valence-electron chi connectivity index (χ0n) is 86.7. The maximum absolute atomic E-state index is 14.6. The smallest absolute Gasteiger partial charge is 0.364 e. The van der Waals surface area contributed by atoms with Crippen LogP contribution in [-0.4, -0.2) is 397 Å². The summed E-state index contributed by atoms with van der Waals surface area (Å²) in [5.41, 5.74) is 0. The number of aliphatic hydroxyl groups excluding tert-OH is 18. The lowest BCUT2D eigenvalue weighted by Gasteiger charge is -2.53. The molecule has 6 aliphatic heterocycles. The van der Waals surface area contributed by atoms with Gasteiger partial charge in [0.1, 0.15) is 140 Å². The Hall–Kier alpha value is -5.17. The number of carboxylic acids is 2. The second-order valence-corrected chi connectivity index (χ2v) is 40.4. The minimum atomic E-state index is -3.70. The van der Waals surface area contributed by atoms with E-state index in [2.05, 4.69) is 42.0 Å². The Morgan fingerprint density at radius 1 is 0.384 bits per heavy atom. The third-order valence-electron chi connectivity index (χ3n) is 28.3. The van der Waals surface area contributed by atoms with Crippen LogP contribution in [0.3, 0.4) is 0 Å². The van der Waals surface area contributed by atoms with Gasteiger partial charge in [-0.05, 0) is 31.8 Å². The fourth-order valence-corrected chi connectivity index (χ4v) is 19.9. The lowest BCUT2D eigenvalue weighted by atomic mass is 9.87. The van der Waals surface area contributed by atoms with E-state index >= 15 is 0 Å². The number of carbonyl (C=O) groups is 7. The van der Waals surface area contributed by atoms with Gasteiger partial charge < -0.3 is 185 Å². The molecule has 0 aromatic rings. The van der Waals surface area contributed by atoms with Crippen molar-refractivity contribution in [2.24, 2.45) is 0 Å². The molecule has 0 spiro atoms. The molecular weight excluding hydrogens is 1920 g/mol. The molecule has 0 aromatic carbocycles. The van der Waals surface area contributed by atoms with E-state index in [9.17, 15) is 136 Å². The molecule has 850 valence electrons. The van der Waals surface area contributed by atoms with Crippen molar-refractivity contribution in [3.63, 3.8) is 0 Å². The molecule has 0 radical (unpaired) electrons. The lowest BCUT2D eigenvalue weighted by Crippen LogP contribution is -2.72. The molecule has 0 bridgehead atoms. The van der Waals surface area contributed by atoms with Gasteiger partial charge in [-0.15, -0.1) is 0 Å². The van der Waals surface area contributed by atoms with Gasteiger partial charge in [-0.2, -0.15) is 0 Å². The molecule has 34 atom stereocenters. The van der Waals surface area contributed by atoms with Gasteiger partial charge >= 0.3 is 17.9 Å². The second-order valence-electron chi connectivity index (χ2n) is 40.4. The van der Waals surface area contributed by atoms with Crippen molar-refractivity contribution in [1.29, 1.82) is 0 Å². The number of esters is 1. The standard InChI is InChI=1S/C102H182N4O40/c1-7-10-13-16-19-22-25-28-30-33-36-39-42-45-48-51-75(119)106-65(69(50-47-44-41-38-35-32-27-24-21-18-15-12-9-3)135-76(120)52-49-46-43-40-37-34-31-29-26-23-20-17-14-11-8-2)61-134-96-87(128)85(126)90(73(59-111)138-96)141-98-88(129)94(91(74(60-112)139-98)142-95-79(105-64(6)115)83(124)89(72(58-110)137-95)140-97-86(127)84(125)81(122)70(56-108)136-97)146-102(100(132)133)54-67(117)78(104-63(5)114)93(145-102)82(123)71(57-109)143-101(99(130)131)53-66(116)77(103-62(4)113)92(144-101)80(121)68(118)55-107/h47,50,65-74,77-98,107-112,116-118,121-129H,7-46,48-49,51-61H2,1-6H3,(H,103,113)(H,104,114)(H,105,115)(H,106,119)(H,130,131)(H,132,133)/b50-47+/t65?,66-,67-,68-,69?,70-,71-,72-,73-,74-,77+,78+,79-,80+,81+,82+,83-,84+,85-,86-,87-,88-,89+,90-,91+,92?,93?,94-,95+,96-,97+,98+,101+,102-/m1/s1. The molecule has 6 rings (SSSR count). The molecule has 6 heterocycles. The molecule has 0 aromatic heterocycles. The van der Waals surface area contributed by atoms with Crippen LogP contribution in [0.1, 0.15) is 337 Å². The Kier molecular flexibility index (Phi) is 62.3. The van der Waals surface area contributed by atoms with Crippen LogP contribution in [0, 0.1) is 0 Å². The Labute approximate surface area is 859 Å². The average Bonchev–Trinajstić information content (AvgIpc) is 0.739. The monoisotopic (exact) mass is 2100 g/mol. The largest absolute Gasteiger partial charge is 0.477 e. The van der Waals surface area contributed by atoms with E-state index in [4.69, 9.17) is 61.6 Å². The Morgan fingerprint density at radius 3 is 1.19 bits per heavy atom. The van der Waals surface area contributed by atoms with Crippen LogP contribution in [0.5, 0.6) is 0 Å². The highest BCUT2D eigenvalue weighted by atomic mass is 16.8. The number of hydrogen-bond donors (Lipinski definition) is 24. The minimum Gasteiger partial charge on any atom is -0.477 e. The topological polar surface area (TPSA) is 692 Å². The summed E-state index contributed by atoms with van der Waals surface area (Å²) in [5, 5.41) is 238. The molecule has 6 saturated heterocycles. The van der Waals surface area contributed by atoms with Crippen molar-refractivity contribution in [3.05, 3.63) is 12.2 Å². The van der Waals surface area contributed by atoms with Crippen LogP contribution >= 0.6 is 0 Å². The summed E-state index contributed by atoms with van der Waals surface area (Å²) in [6, 6.07) is -7.17. The first-order valence-corrected chi connectivity index (χ1v) is 54.2. The predicted octanol–water partition coefficient (Wildman–Crippen LogP) is 2.94. The second kappa shape index (κ2) is 70.3. The van der Waals surface area contributed by atoms with Crippen LogP contribution in [0.25, 0.3) is 0 Å². The summed E-state index contributed by atoms with van der Waals surface area (Å²) in [6.45, 7) is 1.26. The van der Waals surface area contributed by atoms with Crippen LogP contribution in [0.15, 0.2) is 12.2 Å². The molecule has 44 heteroatoms. The number of hydrogen-bond acceptors (Lipinski definition) is 38. The van der Waals surface area contributed by atoms with Gasteiger partial charge in [0.2, 0.25) is 23.6 Å². The number of ether oxygens (including phenoxy) is 13. The van der Waals surface area contributed by atoms with Gasteiger partial charge in [-0.3, -0.25) is 24.0 Å². The molecule has 6 fully saturated rings. The predicted molar refractivity (Wildman–Crippen MR) is 523 cm³/mol. The van der Waals surface area contributed by atoms with Crippen molar-refractivity contribution in [2.75, 3.05) is 46.2 Å². The molecule has 24 N–H and O–H groups in total. The first-order valence-electron chi connectivity index (χ1n) is 54.2. The van der Waals surface area contributed by atoms with Crippen molar-refractivity contribution in [1.82, 2.24) is 21.3 Å². The number of aliphatic hydroxyl groups is 18. The highest BCUT2D eigenvalue weighted by molar-refractivity contribution is 5.78. The zero-order chi connectivity index (χ0) is 107. The Morgan fingerprint density at radius 2 is 0.753 bits per heavy atom. The first kappa shape index (κ1) is 129. The van der Waals surface area contributed by atoms with E-state index in [1.165, 1.54) is 148 Å². The van der Waals surface area contributed by atoms with Crippen LogP contribution in [0.4, 0.5) is 0 Å². The number of unbranched alkanes of at least 4 members (excludes halogenated alkanes) is 39. The van der Waals surface area contributed by atoms with E-state index in [0.29, 0.717) is 19.3 Å². The number of amides is 4. The van der Waals surface area contributed by atoms with Crippen LogP contribution < -0.4 is 21.3 Å². The molecule has 4 unspecified atom stereocenters. The van der Waals surface area contributed by atoms with Crippen molar-refractivity contribution in [2.45, 2.75) is 544 Å².